The van der Waals surface area contributed by atoms with Crippen LogP contribution in [0.3, 0.4) is 0 Å². The summed E-state index contributed by atoms with van der Waals surface area (Å²) in [4.78, 5) is 21.0. The van der Waals surface area contributed by atoms with Crippen LogP contribution in [0.25, 0.3) is 16.8 Å². The van der Waals surface area contributed by atoms with E-state index in [0.717, 1.165) is 11.3 Å². The largest absolute Gasteiger partial charge is 0.382 e. The maximum Gasteiger partial charge on any atom is 0.231 e. The smallest absolute Gasteiger partial charge is 0.231 e. The van der Waals surface area contributed by atoms with Gasteiger partial charge in [0.1, 0.15) is 23.4 Å². The fourth-order valence-electron chi connectivity index (χ4n) is 3.23. The zero-order chi connectivity index (χ0) is 26.5. The lowest BCUT2D eigenvalue weighted by atomic mass is 9.92. The Kier molecular flexibility index (Phi) is 4.26. The summed E-state index contributed by atoms with van der Waals surface area (Å²) in [5.41, 5.74) is 8.60. The molecule has 0 aliphatic heterocycles. The van der Waals surface area contributed by atoms with Crippen LogP contribution in [0.2, 0.25) is 0 Å². The lowest BCUT2D eigenvalue weighted by Gasteiger charge is -2.12. The molecule has 0 aliphatic carbocycles. The summed E-state index contributed by atoms with van der Waals surface area (Å²) in [6.07, 6.45) is 1.28. The number of carbonyl (C=O) groups is 1. The van der Waals surface area contributed by atoms with Crippen LogP contribution in [0.4, 0.5) is 11.7 Å². The number of anilines is 2. The van der Waals surface area contributed by atoms with E-state index < -0.39 is 12.7 Å². The highest BCUT2D eigenvalue weighted by Crippen LogP contribution is 2.30. The van der Waals surface area contributed by atoms with Gasteiger partial charge >= 0.3 is 0 Å². The van der Waals surface area contributed by atoms with E-state index in [1.54, 1.807) is 30.3 Å². The summed E-state index contributed by atoms with van der Waals surface area (Å²) in [5.74, 6) is -2.01. The van der Waals surface area contributed by atoms with Crippen molar-refractivity contribution in [3.05, 3.63) is 53.7 Å². The molecule has 0 saturated carbocycles. The molecule has 3 heterocycles. The van der Waals surface area contributed by atoms with Gasteiger partial charge in [0, 0.05) is 28.4 Å². The summed E-state index contributed by atoms with van der Waals surface area (Å²) in [7, 11) is 0. The highest BCUT2D eigenvalue weighted by Gasteiger charge is 2.21. The Labute approximate surface area is 191 Å². The zero-order valence-corrected chi connectivity index (χ0v) is 18.3. The van der Waals surface area contributed by atoms with Crippen LogP contribution in [-0.2, 0) is 16.6 Å². The molecular formula is C23H27N7O2. The first kappa shape index (κ1) is 16.9. The Morgan fingerprint density at radius 2 is 2.09 bits per heavy atom. The van der Waals surface area contributed by atoms with Crippen molar-refractivity contribution in [3.8, 4) is 11.3 Å². The van der Waals surface area contributed by atoms with Crippen molar-refractivity contribution in [3.63, 3.8) is 0 Å². The fourth-order valence-corrected chi connectivity index (χ4v) is 3.23. The summed E-state index contributed by atoms with van der Waals surface area (Å²) < 4.78 is 38.3. The van der Waals surface area contributed by atoms with E-state index >= 15 is 0 Å². The van der Waals surface area contributed by atoms with Crippen molar-refractivity contribution in [2.24, 2.45) is 0 Å². The zero-order valence-electron chi connectivity index (χ0n) is 22.3. The molecule has 4 rings (SSSR count). The molecule has 166 valence electrons. The van der Waals surface area contributed by atoms with Crippen LogP contribution in [0.1, 0.15) is 63.0 Å². The summed E-state index contributed by atoms with van der Waals surface area (Å²) in [6.45, 7) is 4.60. The first-order chi connectivity index (χ1) is 16.7. The molecular weight excluding hydrogens is 406 g/mol. The Morgan fingerprint density at radius 1 is 1.34 bits per heavy atom. The van der Waals surface area contributed by atoms with Gasteiger partial charge in [-0.1, -0.05) is 64.0 Å². The number of imidazole rings is 1. The summed E-state index contributed by atoms with van der Waals surface area (Å²) in [6, 6.07) is 8.69. The molecule has 0 bridgehead atoms. The van der Waals surface area contributed by atoms with Gasteiger partial charge in [-0.25, -0.2) is 14.5 Å². The Hall–Kier alpha value is -3.75. The number of nitrogen functional groups attached to an aromatic ring is 1. The predicted octanol–water partition coefficient (Wildman–Crippen LogP) is 3.96. The van der Waals surface area contributed by atoms with Gasteiger partial charge in [0.25, 0.3) is 0 Å². The molecule has 32 heavy (non-hydrogen) atoms. The molecule has 0 saturated heterocycles. The third-order valence-electron chi connectivity index (χ3n) is 4.93. The van der Waals surface area contributed by atoms with Gasteiger partial charge in [-0.3, -0.25) is 10.1 Å². The van der Waals surface area contributed by atoms with E-state index in [1.807, 2.05) is 20.8 Å². The van der Waals surface area contributed by atoms with E-state index in [9.17, 15) is 4.79 Å². The molecule has 0 aliphatic rings. The number of nitrogens with two attached hydrogens (primary N) is 1. The Morgan fingerprint density at radius 3 is 2.75 bits per heavy atom. The van der Waals surface area contributed by atoms with Gasteiger partial charge in [-0.2, -0.15) is 5.10 Å². The molecule has 9 nitrogen and oxygen atoms in total. The maximum atomic E-state index is 12.5. The number of amides is 1. The van der Waals surface area contributed by atoms with Crippen molar-refractivity contribution in [2.75, 3.05) is 11.1 Å². The third kappa shape index (κ3) is 4.18. The predicted molar refractivity (Wildman–Crippen MR) is 122 cm³/mol. The quantitative estimate of drug-likeness (QED) is 0.484. The fraction of sp³-hybridized carbons (Fsp3) is 0.348. The highest BCUT2D eigenvalue weighted by atomic mass is 16.5. The van der Waals surface area contributed by atoms with Crippen molar-refractivity contribution < 1.29 is 14.8 Å². The van der Waals surface area contributed by atoms with Crippen molar-refractivity contribution in [1.82, 2.24) is 24.7 Å². The van der Waals surface area contributed by atoms with Crippen LogP contribution >= 0.6 is 0 Å². The molecule has 0 radical (unpaired) electrons. The topological polar surface area (TPSA) is 124 Å². The van der Waals surface area contributed by atoms with Crippen LogP contribution in [0.15, 0.2) is 41.2 Å². The Balaban J connectivity index is 1.60. The average molecular weight is 438 g/mol. The van der Waals surface area contributed by atoms with Crippen molar-refractivity contribution in [1.29, 1.82) is 0 Å². The molecule has 1 unspecified atom stereocenters. The molecule has 3 aromatic heterocycles. The lowest BCUT2D eigenvalue weighted by molar-refractivity contribution is -0.115. The van der Waals surface area contributed by atoms with Crippen molar-refractivity contribution in [2.45, 2.75) is 52.3 Å². The van der Waals surface area contributed by atoms with Gasteiger partial charge in [0.05, 0.1) is 12.1 Å². The molecule has 1 aromatic carbocycles. The SMILES string of the molecule is [2H]C([2H])([2H])C([2H])(C)c1nc(-c2ccc(CC(=O)Nc3cc(C(C)(C)C)no3)cc2)c2c(N)ncnn12. The minimum atomic E-state index is -2.65. The van der Waals surface area contributed by atoms with Crippen LogP contribution in [0.5, 0.6) is 0 Å². The van der Waals surface area contributed by atoms with E-state index in [2.05, 4.69) is 25.5 Å². The molecule has 0 spiro atoms. The second-order valence-corrected chi connectivity index (χ2v) is 8.56. The monoisotopic (exact) mass is 437 g/mol. The van der Waals surface area contributed by atoms with Crippen LogP contribution in [0, 0.1) is 0 Å². The number of aromatic nitrogens is 5. The minimum Gasteiger partial charge on any atom is -0.382 e. The second-order valence-electron chi connectivity index (χ2n) is 8.56. The molecule has 4 aromatic rings. The van der Waals surface area contributed by atoms with Crippen LogP contribution in [-0.4, -0.2) is 30.6 Å². The maximum absolute atomic E-state index is 12.5. The van der Waals surface area contributed by atoms with Crippen molar-refractivity contribution >= 4 is 23.1 Å². The van der Waals surface area contributed by atoms with Gasteiger partial charge in [-0.15, -0.1) is 0 Å². The number of benzene rings is 1. The number of nitrogens with one attached hydrogen (secondary N) is 1. The highest BCUT2D eigenvalue weighted by molar-refractivity contribution is 5.91. The Bertz CT molecular complexity index is 1420. The standard InChI is InChI=1S/C23H27N7O2/c1-13(2)22-28-19(20-21(24)25-12-26-30(20)22)15-8-6-14(7-9-15)10-17(31)27-18-11-16(29-32-18)23(3,4)5/h6-9,11-13H,10H2,1-5H3,(H,27,31)(H2,24,25,26)/i1D3,13D. The number of carbonyl (C=O) groups excluding carboxylic acids is 1. The van der Waals surface area contributed by atoms with E-state index in [0.29, 0.717) is 16.8 Å². The number of nitrogens with zero attached hydrogens (tertiary/aromatic N) is 5. The number of hydrogen-bond acceptors (Lipinski definition) is 7. The second kappa shape index (κ2) is 8.07. The molecule has 0 fully saturated rings. The summed E-state index contributed by atoms with van der Waals surface area (Å²) >= 11 is 0. The van der Waals surface area contributed by atoms with Gasteiger partial charge in [0.15, 0.2) is 5.82 Å². The third-order valence-corrected chi connectivity index (χ3v) is 4.93. The normalized spacial score (nSPS) is 16.0. The number of fused-ring (bicyclic) bond motifs is 1. The molecule has 1 amide bonds. The lowest BCUT2D eigenvalue weighted by Crippen LogP contribution is -2.14. The van der Waals surface area contributed by atoms with E-state index in [1.165, 1.54) is 17.8 Å². The number of rotatable bonds is 5. The minimum absolute atomic E-state index is 0.0771. The van der Waals surface area contributed by atoms with E-state index in [-0.39, 0.29) is 35.3 Å². The van der Waals surface area contributed by atoms with Gasteiger partial charge < -0.3 is 10.3 Å². The average Bonchev–Trinajstić information content (AvgIpc) is 3.39. The van der Waals surface area contributed by atoms with Gasteiger partial charge in [0.2, 0.25) is 11.8 Å². The number of hydrogen-bond donors (Lipinski definition) is 2. The first-order valence-corrected chi connectivity index (χ1v) is 10.0. The van der Waals surface area contributed by atoms with Gasteiger partial charge in [-0.05, 0) is 5.56 Å². The molecule has 1 atom stereocenters. The molecule has 3 N–H and O–H groups in total. The molecule has 9 heteroatoms. The first-order valence-electron chi connectivity index (χ1n) is 12.0. The van der Waals surface area contributed by atoms with Crippen LogP contribution < -0.4 is 11.1 Å². The van der Waals surface area contributed by atoms with E-state index in [4.69, 9.17) is 15.7 Å². The summed E-state index contributed by atoms with van der Waals surface area (Å²) in [5, 5.41) is 10.8.